The smallest absolute Gasteiger partial charge is 0.227 e. The zero-order chi connectivity index (χ0) is 21.0. The van der Waals surface area contributed by atoms with Crippen molar-refractivity contribution in [2.24, 2.45) is 0 Å². The van der Waals surface area contributed by atoms with E-state index in [1.54, 1.807) is 0 Å². The summed E-state index contributed by atoms with van der Waals surface area (Å²) in [5, 5.41) is 3.43. The first-order valence-electron chi connectivity index (χ1n) is 10.5. The molecule has 6 heteroatoms. The van der Waals surface area contributed by atoms with Gasteiger partial charge in [-0.15, -0.1) is 0 Å². The zero-order valence-corrected chi connectivity index (χ0v) is 17.5. The maximum absolute atomic E-state index is 4.74. The van der Waals surface area contributed by atoms with Gasteiger partial charge in [0, 0.05) is 56.0 Å². The fourth-order valence-corrected chi connectivity index (χ4v) is 3.87. The van der Waals surface area contributed by atoms with Crippen LogP contribution in [0.2, 0.25) is 0 Å². The number of rotatable bonds is 5. The van der Waals surface area contributed by atoms with Crippen molar-refractivity contribution in [3.63, 3.8) is 0 Å². The van der Waals surface area contributed by atoms with Gasteiger partial charge < -0.3 is 10.2 Å². The monoisotopic (exact) mass is 408 g/mol. The van der Waals surface area contributed by atoms with Crippen LogP contribution in [-0.2, 0) is 19.5 Å². The number of anilines is 2. The number of nitrogens with one attached hydrogen (secondary N) is 1. The first kappa shape index (κ1) is 19.2. The van der Waals surface area contributed by atoms with Crippen molar-refractivity contribution in [1.82, 2.24) is 19.9 Å². The highest BCUT2D eigenvalue weighted by atomic mass is 15.3. The lowest BCUT2D eigenvalue weighted by Crippen LogP contribution is -2.32. The molecule has 0 saturated heterocycles. The van der Waals surface area contributed by atoms with E-state index in [9.17, 15) is 0 Å². The summed E-state index contributed by atoms with van der Waals surface area (Å²) in [5.41, 5.74) is 7.03. The quantitative estimate of drug-likeness (QED) is 0.527. The molecule has 5 rings (SSSR count). The van der Waals surface area contributed by atoms with Crippen LogP contribution in [0, 0.1) is 6.92 Å². The zero-order valence-electron chi connectivity index (χ0n) is 17.5. The lowest BCUT2D eigenvalue weighted by atomic mass is 10.0. The minimum atomic E-state index is 0.707. The van der Waals surface area contributed by atoms with Crippen molar-refractivity contribution in [3.8, 4) is 11.1 Å². The Balaban J connectivity index is 1.24. The van der Waals surface area contributed by atoms with E-state index >= 15 is 0 Å². The number of pyridine rings is 2. The van der Waals surface area contributed by atoms with Crippen molar-refractivity contribution in [3.05, 3.63) is 95.7 Å². The molecule has 1 aliphatic rings. The topological polar surface area (TPSA) is 66.8 Å². The molecule has 0 atom stereocenters. The second-order valence-electron chi connectivity index (χ2n) is 7.76. The van der Waals surface area contributed by atoms with Crippen LogP contribution < -0.4 is 10.2 Å². The summed E-state index contributed by atoms with van der Waals surface area (Å²) in [6.45, 7) is 4.39. The molecule has 1 aromatic carbocycles. The SMILES string of the molecule is Cc1cc(-c2ccc(CNc3ccnc(N4CCc5ncccc5C4)n3)cc2)ccn1. The van der Waals surface area contributed by atoms with Crippen molar-refractivity contribution in [2.45, 2.75) is 26.4 Å². The molecule has 1 aliphatic heterocycles. The molecule has 6 nitrogen and oxygen atoms in total. The summed E-state index contributed by atoms with van der Waals surface area (Å²) in [7, 11) is 0. The summed E-state index contributed by atoms with van der Waals surface area (Å²) in [4.78, 5) is 20.2. The second kappa shape index (κ2) is 8.52. The lowest BCUT2D eigenvalue weighted by molar-refractivity contribution is 0.691. The molecule has 0 bridgehead atoms. The molecule has 0 amide bonds. The molecular weight excluding hydrogens is 384 g/mol. The minimum Gasteiger partial charge on any atom is -0.366 e. The largest absolute Gasteiger partial charge is 0.366 e. The maximum atomic E-state index is 4.74. The van der Waals surface area contributed by atoms with E-state index in [-0.39, 0.29) is 0 Å². The van der Waals surface area contributed by atoms with Gasteiger partial charge in [-0.05, 0) is 53.4 Å². The van der Waals surface area contributed by atoms with Crippen molar-refractivity contribution in [2.75, 3.05) is 16.8 Å². The molecule has 154 valence electrons. The first-order valence-corrected chi connectivity index (χ1v) is 10.5. The Morgan fingerprint density at radius 2 is 1.77 bits per heavy atom. The minimum absolute atomic E-state index is 0.707. The van der Waals surface area contributed by atoms with Crippen molar-refractivity contribution >= 4 is 11.8 Å². The first-order chi connectivity index (χ1) is 15.2. The molecule has 3 aromatic heterocycles. The summed E-state index contributed by atoms with van der Waals surface area (Å²) in [6.07, 6.45) is 6.45. The predicted octanol–water partition coefficient (Wildman–Crippen LogP) is 4.42. The highest BCUT2D eigenvalue weighted by Crippen LogP contribution is 2.22. The van der Waals surface area contributed by atoms with E-state index in [0.717, 1.165) is 37.0 Å². The van der Waals surface area contributed by atoms with Gasteiger partial charge in [0.25, 0.3) is 0 Å². The summed E-state index contributed by atoms with van der Waals surface area (Å²) in [6, 6.07) is 18.8. The number of nitrogens with zero attached hydrogens (tertiary/aromatic N) is 5. The highest BCUT2D eigenvalue weighted by molar-refractivity contribution is 5.63. The van der Waals surface area contributed by atoms with Gasteiger partial charge in [0.2, 0.25) is 5.95 Å². The number of hydrogen-bond donors (Lipinski definition) is 1. The van der Waals surface area contributed by atoms with Gasteiger partial charge in [-0.1, -0.05) is 30.3 Å². The van der Waals surface area contributed by atoms with Crippen LogP contribution in [0.4, 0.5) is 11.8 Å². The lowest BCUT2D eigenvalue weighted by Gasteiger charge is -2.28. The Hall–Kier alpha value is -3.80. The molecule has 0 fully saturated rings. The number of fused-ring (bicyclic) bond motifs is 1. The van der Waals surface area contributed by atoms with Crippen LogP contribution in [0.15, 0.2) is 73.2 Å². The van der Waals surface area contributed by atoms with E-state index in [4.69, 9.17) is 4.98 Å². The molecule has 4 heterocycles. The van der Waals surface area contributed by atoms with E-state index in [2.05, 4.69) is 61.6 Å². The van der Waals surface area contributed by atoms with Gasteiger partial charge in [-0.25, -0.2) is 4.98 Å². The molecule has 1 N–H and O–H groups in total. The van der Waals surface area contributed by atoms with Gasteiger partial charge in [-0.3, -0.25) is 9.97 Å². The molecule has 0 aliphatic carbocycles. The van der Waals surface area contributed by atoms with Crippen molar-refractivity contribution < 1.29 is 0 Å². The fourth-order valence-electron chi connectivity index (χ4n) is 3.87. The summed E-state index contributed by atoms with van der Waals surface area (Å²) >= 11 is 0. The Morgan fingerprint density at radius 3 is 2.65 bits per heavy atom. The second-order valence-corrected chi connectivity index (χ2v) is 7.76. The van der Waals surface area contributed by atoms with E-state index in [0.29, 0.717) is 6.54 Å². The van der Waals surface area contributed by atoms with Crippen LogP contribution >= 0.6 is 0 Å². The number of aromatic nitrogens is 4. The van der Waals surface area contributed by atoms with Crippen molar-refractivity contribution in [1.29, 1.82) is 0 Å². The highest BCUT2D eigenvalue weighted by Gasteiger charge is 2.19. The average molecular weight is 409 g/mol. The third-order valence-electron chi connectivity index (χ3n) is 5.55. The third-order valence-corrected chi connectivity index (χ3v) is 5.55. The normalized spacial score (nSPS) is 13.0. The summed E-state index contributed by atoms with van der Waals surface area (Å²) in [5.74, 6) is 1.58. The van der Waals surface area contributed by atoms with E-state index < -0.39 is 0 Å². The predicted molar refractivity (Wildman–Crippen MR) is 123 cm³/mol. The van der Waals surface area contributed by atoms with Gasteiger partial charge >= 0.3 is 0 Å². The molecule has 31 heavy (non-hydrogen) atoms. The molecule has 0 saturated carbocycles. The Labute approximate surface area is 182 Å². The van der Waals surface area contributed by atoms with E-state index in [1.807, 2.05) is 43.7 Å². The average Bonchev–Trinajstić information content (AvgIpc) is 2.83. The van der Waals surface area contributed by atoms with Crippen LogP contribution in [0.5, 0.6) is 0 Å². The Kier molecular flexibility index (Phi) is 5.27. The Bertz CT molecular complexity index is 1190. The van der Waals surface area contributed by atoms with Gasteiger partial charge in [0.05, 0.1) is 0 Å². The van der Waals surface area contributed by atoms with Crippen LogP contribution in [0.25, 0.3) is 11.1 Å². The van der Waals surface area contributed by atoms with E-state index in [1.165, 1.54) is 27.9 Å². The fraction of sp³-hybridized carbons (Fsp3) is 0.200. The number of benzene rings is 1. The van der Waals surface area contributed by atoms with Gasteiger partial charge in [0.1, 0.15) is 5.82 Å². The van der Waals surface area contributed by atoms with Crippen LogP contribution in [0.1, 0.15) is 22.5 Å². The molecule has 0 unspecified atom stereocenters. The molecule has 0 spiro atoms. The van der Waals surface area contributed by atoms with Gasteiger partial charge in [0.15, 0.2) is 0 Å². The molecular formula is C25H24N6. The van der Waals surface area contributed by atoms with Gasteiger partial charge in [-0.2, -0.15) is 4.98 Å². The number of hydrogen-bond acceptors (Lipinski definition) is 6. The molecule has 0 radical (unpaired) electrons. The third kappa shape index (κ3) is 4.38. The Morgan fingerprint density at radius 1 is 0.903 bits per heavy atom. The maximum Gasteiger partial charge on any atom is 0.227 e. The van der Waals surface area contributed by atoms with Crippen LogP contribution in [0.3, 0.4) is 0 Å². The molecule has 4 aromatic rings. The van der Waals surface area contributed by atoms with Crippen LogP contribution in [-0.4, -0.2) is 26.5 Å². The number of aryl methyl sites for hydroxylation is 1. The summed E-state index contributed by atoms with van der Waals surface area (Å²) < 4.78 is 0. The standard InChI is InChI=1S/C25H24N6/c1-18-15-21(8-12-26-18)20-6-4-19(5-7-20)16-29-24-9-13-28-25(30-24)31-14-10-23-22(17-31)3-2-11-27-23/h2-9,11-13,15H,10,14,16-17H2,1H3,(H,28,29,30).